The molecule has 1 aliphatic rings. The van der Waals surface area contributed by atoms with E-state index >= 15 is 0 Å². The van der Waals surface area contributed by atoms with Crippen LogP contribution in [0.5, 0.6) is 0 Å². The van der Waals surface area contributed by atoms with Crippen molar-refractivity contribution in [2.75, 3.05) is 37.6 Å². The van der Waals surface area contributed by atoms with Crippen molar-refractivity contribution < 1.29 is 0 Å². The molecule has 4 nitrogen and oxygen atoms in total. The van der Waals surface area contributed by atoms with Gasteiger partial charge in [-0.05, 0) is 19.9 Å². The predicted octanol–water partition coefficient (Wildman–Crippen LogP) is 1.56. The molecule has 92 valence electrons. The highest BCUT2D eigenvalue weighted by Crippen LogP contribution is 2.10. The van der Waals surface area contributed by atoms with Gasteiger partial charge >= 0.3 is 0 Å². The third kappa shape index (κ3) is 3.27. The molecule has 0 unspecified atom stereocenters. The second kappa shape index (κ2) is 5.77. The molecule has 0 amide bonds. The van der Waals surface area contributed by atoms with Gasteiger partial charge in [0, 0.05) is 45.1 Å². The first-order chi connectivity index (χ1) is 8.29. The maximum absolute atomic E-state index is 4.29. The van der Waals surface area contributed by atoms with E-state index in [4.69, 9.17) is 0 Å². The van der Waals surface area contributed by atoms with Gasteiger partial charge in [-0.2, -0.15) is 0 Å². The smallest absolute Gasteiger partial charge is 0.225 e. The van der Waals surface area contributed by atoms with Crippen molar-refractivity contribution in [2.24, 2.45) is 0 Å². The van der Waals surface area contributed by atoms with Crippen LogP contribution in [0.15, 0.2) is 30.1 Å². The van der Waals surface area contributed by atoms with Gasteiger partial charge in [0.05, 0.1) is 0 Å². The summed E-state index contributed by atoms with van der Waals surface area (Å²) in [6.07, 6.45) is 5.80. The maximum atomic E-state index is 4.29. The standard InChI is InChI=1S/C13H20N4/c1-3-12(2)11-16-7-9-17(10-8-16)13-14-5-4-6-15-13/h3-6H,7-11H2,1-2H3. The van der Waals surface area contributed by atoms with Gasteiger partial charge in [-0.3, -0.25) is 4.90 Å². The number of nitrogens with zero attached hydrogens (tertiary/aromatic N) is 4. The van der Waals surface area contributed by atoms with E-state index in [0.29, 0.717) is 0 Å². The summed E-state index contributed by atoms with van der Waals surface area (Å²) < 4.78 is 0. The number of aromatic nitrogens is 2. The predicted molar refractivity (Wildman–Crippen MR) is 70.1 cm³/mol. The van der Waals surface area contributed by atoms with Crippen molar-refractivity contribution >= 4 is 5.95 Å². The number of anilines is 1. The summed E-state index contributed by atoms with van der Waals surface area (Å²) in [5.41, 5.74) is 1.44. The van der Waals surface area contributed by atoms with Crippen LogP contribution in [0.3, 0.4) is 0 Å². The molecule has 0 N–H and O–H groups in total. The zero-order valence-electron chi connectivity index (χ0n) is 10.6. The van der Waals surface area contributed by atoms with E-state index < -0.39 is 0 Å². The van der Waals surface area contributed by atoms with Crippen molar-refractivity contribution in [1.82, 2.24) is 14.9 Å². The topological polar surface area (TPSA) is 32.3 Å². The van der Waals surface area contributed by atoms with Gasteiger partial charge in [0.15, 0.2) is 0 Å². The zero-order chi connectivity index (χ0) is 12.1. The van der Waals surface area contributed by atoms with Gasteiger partial charge in [-0.25, -0.2) is 9.97 Å². The van der Waals surface area contributed by atoms with Gasteiger partial charge in [-0.1, -0.05) is 11.6 Å². The third-order valence-corrected chi connectivity index (χ3v) is 3.17. The lowest BCUT2D eigenvalue weighted by atomic mass is 10.2. The first-order valence-electron chi connectivity index (χ1n) is 6.15. The molecule has 4 heteroatoms. The number of hydrogen-bond acceptors (Lipinski definition) is 4. The van der Waals surface area contributed by atoms with Gasteiger partial charge < -0.3 is 4.90 Å². The van der Waals surface area contributed by atoms with Crippen LogP contribution in [0.1, 0.15) is 13.8 Å². The Kier molecular flexibility index (Phi) is 4.09. The average Bonchev–Trinajstić information content (AvgIpc) is 2.40. The van der Waals surface area contributed by atoms with Crippen LogP contribution in [-0.2, 0) is 0 Å². The zero-order valence-corrected chi connectivity index (χ0v) is 10.6. The molecule has 0 aromatic carbocycles. The molecule has 1 aromatic rings. The van der Waals surface area contributed by atoms with Gasteiger partial charge in [0.2, 0.25) is 5.95 Å². The molecule has 0 atom stereocenters. The normalized spacial score (nSPS) is 18.5. The Morgan fingerprint density at radius 3 is 2.47 bits per heavy atom. The SMILES string of the molecule is CC=C(C)CN1CCN(c2ncccn2)CC1. The summed E-state index contributed by atoms with van der Waals surface area (Å²) in [5, 5.41) is 0. The van der Waals surface area contributed by atoms with Crippen molar-refractivity contribution in [3.8, 4) is 0 Å². The molecular formula is C13H20N4. The van der Waals surface area contributed by atoms with Crippen LogP contribution in [0.2, 0.25) is 0 Å². The highest BCUT2D eigenvalue weighted by atomic mass is 15.3. The van der Waals surface area contributed by atoms with E-state index in [0.717, 1.165) is 38.7 Å². The van der Waals surface area contributed by atoms with Crippen molar-refractivity contribution in [1.29, 1.82) is 0 Å². The molecule has 1 aliphatic heterocycles. The molecule has 0 bridgehead atoms. The highest BCUT2D eigenvalue weighted by Gasteiger charge is 2.18. The fourth-order valence-corrected chi connectivity index (χ4v) is 2.00. The van der Waals surface area contributed by atoms with Crippen molar-refractivity contribution in [3.05, 3.63) is 30.1 Å². The molecule has 2 rings (SSSR count). The van der Waals surface area contributed by atoms with Crippen molar-refractivity contribution in [2.45, 2.75) is 13.8 Å². The largest absolute Gasteiger partial charge is 0.338 e. The van der Waals surface area contributed by atoms with Gasteiger partial charge in [0.25, 0.3) is 0 Å². The molecule has 2 heterocycles. The second-order valence-electron chi connectivity index (χ2n) is 4.45. The van der Waals surface area contributed by atoms with E-state index in [9.17, 15) is 0 Å². The van der Waals surface area contributed by atoms with Crippen molar-refractivity contribution in [3.63, 3.8) is 0 Å². The van der Waals surface area contributed by atoms with Crippen LogP contribution in [0, 0.1) is 0 Å². The van der Waals surface area contributed by atoms with Crippen LogP contribution >= 0.6 is 0 Å². The number of hydrogen-bond donors (Lipinski definition) is 0. The Balaban J connectivity index is 1.86. The van der Waals surface area contributed by atoms with E-state index in [1.807, 2.05) is 6.07 Å². The molecule has 0 saturated carbocycles. The molecule has 0 radical (unpaired) electrons. The summed E-state index contributed by atoms with van der Waals surface area (Å²) in [4.78, 5) is 13.3. The molecule has 17 heavy (non-hydrogen) atoms. The second-order valence-corrected chi connectivity index (χ2v) is 4.45. The number of allylic oxidation sites excluding steroid dienone is 1. The lowest BCUT2D eigenvalue weighted by Crippen LogP contribution is -2.47. The monoisotopic (exact) mass is 232 g/mol. The molecule has 1 fully saturated rings. The summed E-state index contributed by atoms with van der Waals surface area (Å²) in [7, 11) is 0. The Bertz CT molecular complexity index is 366. The molecule has 1 aromatic heterocycles. The summed E-state index contributed by atoms with van der Waals surface area (Å²) in [5.74, 6) is 0.856. The minimum atomic E-state index is 0.856. The lowest BCUT2D eigenvalue weighted by molar-refractivity contribution is 0.277. The first-order valence-corrected chi connectivity index (χ1v) is 6.15. The van der Waals surface area contributed by atoms with Crippen LogP contribution in [0.25, 0.3) is 0 Å². The lowest BCUT2D eigenvalue weighted by Gasteiger charge is -2.34. The number of piperazine rings is 1. The number of rotatable bonds is 3. The van der Waals surface area contributed by atoms with Gasteiger partial charge in [0.1, 0.15) is 0 Å². The average molecular weight is 232 g/mol. The maximum Gasteiger partial charge on any atom is 0.225 e. The summed E-state index contributed by atoms with van der Waals surface area (Å²) >= 11 is 0. The Morgan fingerprint density at radius 1 is 1.24 bits per heavy atom. The fraction of sp³-hybridized carbons (Fsp3) is 0.538. The quantitative estimate of drug-likeness (QED) is 0.740. The van der Waals surface area contributed by atoms with E-state index in [1.165, 1.54) is 5.57 Å². The minimum absolute atomic E-state index is 0.856. The van der Waals surface area contributed by atoms with E-state index in [-0.39, 0.29) is 0 Å². The summed E-state index contributed by atoms with van der Waals surface area (Å²) in [6, 6.07) is 1.86. The highest BCUT2D eigenvalue weighted by molar-refractivity contribution is 5.29. The molecule has 0 aliphatic carbocycles. The van der Waals surface area contributed by atoms with E-state index in [2.05, 4.69) is 39.7 Å². The molecule has 0 spiro atoms. The Morgan fingerprint density at radius 2 is 1.88 bits per heavy atom. The Hall–Kier alpha value is -1.42. The van der Waals surface area contributed by atoms with Gasteiger partial charge in [-0.15, -0.1) is 0 Å². The summed E-state index contributed by atoms with van der Waals surface area (Å²) in [6.45, 7) is 9.57. The van der Waals surface area contributed by atoms with Crippen LogP contribution < -0.4 is 4.90 Å². The Labute approximate surface area is 103 Å². The van der Waals surface area contributed by atoms with Crippen LogP contribution in [0.4, 0.5) is 5.95 Å². The fourth-order valence-electron chi connectivity index (χ4n) is 2.00. The van der Waals surface area contributed by atoms with E-state index in [1.54, 1.807) is 12.4 Å². The molecular weight excluding hydrogens is 212 g/mol. The molecule has 1 saturated heterocycles. The minimum Gasteiger partial charge on any atom is -0.338 e. The first kappa shape index (κ1) is 12.0. The van der Waals surface area contributed by atoms with Crippen LogP contribution in [-0.4, -0.2) is 47.6 Å². The third-order valence-electron chi connectivity index (χ3n) is 3.17.